The highest BCUT2D eigenvalue weighted by Crippen LogP contribution is 2.12. The van der Waals surface area contributed by atoms with Gasteiger partial charge in [-0.15, -0.1) is 0 Å². The second-order valence-corrected chi connectivity index (χ2v) is 4.57. The lowest BCUT2D eigenvalue weighted by molar-refractivity contribution is -0.156. The number of β-amino-alcohol motifs (C(OH)–C–C–N with tert-alkyl or cyclic N) is 1. The minimum Gasteiger partial charge on any atom is -0.479 e. The number of carboxylic acids is 1. The molecule has 0 fully saturated rings. The van der Waals surface area contributed by atoms with Gasteiger partial charge in [-0.2, -0.15) is 0 Å². The monoisotopic (exact) mass is 203 g/mol. The first-order valence-corrected chi connectivity index (χ1v) is 4.92. The van der Waals surface area contributed by atoms with Gasteiger partial charge in [0.2, 0.25) is 0 Å². The standard InChI is InChI=1S/C10H21NO3/c1-5-6-9(2,3)11-7-10(4,14)8(12)13/h11,14H,5-7H2,1-4H3,(H,12,13). The van der Waals surface area contributed by atoms with Crippen LogP contribution in [-0.4, -0.2) is 33.9 Å². The largest absolute Gasteiger partial charge is 0.479 e. The maximum absolute atomic E-state index is 10.6. The molecule has 0 aliphatic rings. The van der Waals surface area contributed by atoms with Crippen molar-refractivity contribution in [2.24, 2.45) is 0 Å². The van der Waals surface area contributed by atoms with Crippen LogP contribution in [0.4, 0.5) is 0 Å². The van der Waals surface area contributed by atoms with Gasteiger partial charge in [0, 0.05) is 12.1 Å². The number of nitrogens with one attached hydrogen (secondary N) is 1. The molecular formula is C10H21NO3. The second kappa shape index (κ2) is 4.75. The molecule has 0 heterocycles. The molecule has 0 amide bonds. The zero-order chi connectivity index (χ0) is 11.4. The van der Waals surface area contributed by atoms with Crippen molar-refractivity contribution in [1.82, 2.24) is 5.32 Å². The van der Waals surface area contributed by atoms with E-state index in [1.807, 2.05) is 13.8 Å². The van der Waals surface area contributed by atoms with Gasteiger partial charge in [0.25, 0.3) is 0 Å². The highest BCUT2D eigenvalue weighted by Gasteiger charge is 2.31. The fourth-order valence-electron chi connectivity index (χ4n) is 1.20. The molecule has 0 saturated heterocycles. The van der Waals surface area contributed by atoms with Crippen molar-refractivity contribution in [2.75, 3.05) is 6.54 Å². The zero-order valence-corrected chi connectivity index (χ0v) is 9.42. The molecule has 4 nitrogen and oxygen atoms in total. The summed E-state index contributed by atoms with van der Waals surface area (Å²) < 4.78 is 0. The fraction of sp³-hybridized carbons (Fsp3) is 0.900. The van der Waals surface area contributed by atoms with Crippen molar-refractivity contribution in [3.8, 4) is 0 Å². The van der Waals surface area contributed by atoms with Crippen LogP contribution < -0.4 is 5.32 Å². The Hall–Kier alpha value is -0.610. The van der Waals surface area contributed by atoms with Gasteiger partial charge in [-0.3, -0.25) is 0 Å². The highest BCUT2D eigenvalue weighted by atomic mass is 16.4. The average molecular weight is 203 g/mol. The molecule has 0 aromatic carbocycles. The van der Waals surface area contributed by atoms with Gasteiger partial charge in [-0.25, -0.2) is 4.79 Å². The number of carbonyl (C=O) groups is 1. The van der Waals surface area contributed by atoms with Crippen molar-refractivity contribution in [2.45, 2.75) is 51.7 Å². The summed E-state index contributed by atoms with van der Waals surface area (Å²) in [6.45, 7) is 7.42. The predicted octanol–water partition coefficient (Wildman–Crippen LogP) is 0.990. The number of hydrogen-bond donors (Lipinski definition) is 3. The maximum Gasteiger partial charge on any atom is 0.336 e. The van der Waals surface area contributed by atoms with Gasteiger partial charge in [-0.05, 0) is 27.2 Å². The van der Waals surface area contributed by atoms with Crippen LogP contribution in [0.1, 0.15) is 40.5 Å². The van der Waals surface area contributed by atoms with Crippen LogP contribution in [0.15, 0.2) is 0 Å². The number of carboxylic acid groups (broad SMARTS) is 1. The quantitative estimate of drug-likeness (QED) is 0.602. The van der Waals surface area contributed by atoms with E-state index in [0.29, 0.717) is 0 Å². The van der Waals surface area contributed by atoms with Gasteiger partial charge < -0.3 is 15.5 Å². The average Bonchev–Trinajstić information content (AvgIpc) is 2.01. The second-order valence-electron chi connectivity index (χ2n) is 4.57. The third-order valence-corrected chi connectivity index (χ3v) is 2.25. The maximum atomic E-state index is 10.6. The van der Waals surface area contributed by atoms with E-state index in [2.05, 4.69) is 12.2 Å². The molecule has 0 aromatic rings. The van der Waals surface area contributed by atoms with Crippen LogP contribution in [0.3, 0.4) is 0 Å². The van der Waals surface area contributed by atoms with E-state index in [0.717, 1.165) is 12.8 Å². The molecule has 0 radical (unpaired) electrons. The van der Waals surface area contributed by atoms with Gasteiger partial charge >= 0.3 is 5.97 Å². The summed E-state index contributed by atoms with van der Waals surface area (Å²) in [5.41, 5.74) is -1.82. The van der Waals surface area contributed by atoms with Gasteiger partial charge in [0.1, 0.15) is 0 Å². The van der Waals surface area contributed by atoms with E-state index in [1.165, 1.54) is 6.92 Å². The molecule has 0 saturated carbocycles. The van der Waals surface area contributed by atoms with Crippen LogP contribution in [0.5, 0.6) is 0 Å². The van der Waals surface area contributed by atoms with E-state index in [9.17, 15) is 9.90 Å². The predicted molar refractivity (Wildman–Crippen MR) is 55.2 cm³/mol. The van der Waals surface area contributed by atoms with Gasteiger partial charge in [0.05, 0.1) is 0 Å². The Bertz CT molecular complexity index is 200. The van der Waals surface area contributed by atoms with Crippen molar-refractivity contribution in [3.63, 3.8) is 0 Å². The van der Waals surface area contributed by atoms with Crippen LogP contribution in [0.2, 0.25) is 0 Å². The summed E-state index contributed by atoms with van der Waals surface area (Å²) in [7, 11) is 0. The van der Waals surface area contributed by atoms with Crippen LogP contribution in [0, 0.1) is 0 Å². The minimum absolute atomic E-state index is 0.0648. The molecule has 0 spiro atoms. The first kappa shape index (κ1) is 13.4. The Kier molecular flexibility index (Phi) is 4.55. The number of rotatable bonds is 6. The van der Waals surface area contributed by atoms with E-state index in [-0.39, 0.29) is 12.1 Å². The number of hydrogen-bond acceptors (Lipinski definition) is 3. The molecule has 0 aromatic heterocycles. The van der Waals surface area contributed by atoms with E-state index in [1.54, 1.807) is 0 Å². The van der Waals surface area contributed by atoms with Crippen LogP contribution in [0.25, 0.3) is 0 Å². The number of aliphatic carboxylic acids is 1. The SMILES string of the molecule is CCCC(C)(C)NCC(C)(O)C(=O)O. The van der Waals surface area contributed by atoms with Gasteiger partial charge in [-0.1, -0.05) is 13.3 Å². The highest BCUT2D eigenvalue weighted by molar-refractivity contribution is 5.76. The Labute approximate surface area is 85.3 Å². The summed E-state index contributed by atoms with van der Waals surface area (Å²) in [6.07, 6.45) is 1.97. The van der Waals surface area contributed by atoms with E-state index >= 15 is 0 Å². The molecule has 14 heavy (non-hydrogen) atoms. The Balaban J connectivity index is 4.10. The van der Waals surface area contributed by atoms with E-state index < -0.39 is 11.6 Å². The van der Waals surface area contributed by atoms with Crippen LogP contribution in [-0.2, 0) is 4.79 Å². The lowest BCUT2D eigenvalue weighted by Crippen LogP contribution is -2.51. The van der Waals surface area contributed by atoms with Crippen LogP contribution >= 0.6 is 0 Å². The molecule has 3 N–H and O–H groups in total. The molecule has 1 unspecified atom stereocenters. The lowest BCUT2D eigenvalue weighted by Gasteiger charge is -2.29. The van der Waals surface area contributed by atoms with E-state index in [4.69, 9.17) is 5.11 Å². The first-order valence-electron chi connectivity index (χ1n) is 4.92. The fourth-order valence-corrected chi connectivity index (χ4v) is 1.20. The topological polar surface area (TPSA) is 69.6 Å². The van der Waals surface area contributed by atoms with Crippen molar-refractivity contribution in [1.29, 1.82) is 0 Å². The normalized spacial score (nSPS) is 16.4. The summed E-state index contributed by atoms with van der Waals surface area (Å²) >= 11 is 0. The first-order chi connectivity index (χ1) is 6.21. The molecule has 0 bridgehead atoms. The molecule has 4 heteroatoms. The molecule has 0 aliphatic heterocycles. The Morgan fingerprint density at radius 2 is 1.86 bits per heavy atom. The third-order valence-electron chi connectivity index (χ3n) is 2.25. The van der Waals surface area contributed by atoms with Crippen molar-refractivity contribution in [3.05, 3.63) is 0 Å². The van der Waals surface area contributed by atoms with Crippen molar-refractivity contribution >= 4 is 5.97 Å². The summed E-state index contributed by atoms with van der Waals surface area (Å²) in [6, 6.07) is 0. The third kappa shape index (κ3) is 4.58. The molecule has 1 atom stereocenters. The Morgan fingerprint density at radius 3 is 2.21 bits per heavy atom. The zero-order valence-electron chi connectivity index (χ0n) is 9.42. The molecule has 84 valence electrons. The summed E-state index contributed by atoms with van der Waals surface area (Å²) in [4.78, 5) is 10.6. The number of aliphatic hydroxyl groups is 1. The Morgan fingerprint density at radius 1 is 1.36 bits per heavy atom. The summed E-state index contributed by atoms with van der Waals surface area (Å²) in [5, 5.41) is 21.2. The minimum atomic E-state index is -1.69. The molecule has 0 aliphatic carbocycles. The van der Waals surface area contributed by atoms with Gasteiger partial charge in [0.15, 0.2) is 5.60 Å². The van der Waals surface area contributed by atoms with Crippen molar-refractivity contribution < 1.29 is 15.0 Å². The lowest BCUT2D eigenvalue weighted by atomic mass is 9.97. The smallest absolute Gasteiger partial charge is 0.336 e. The molecule has 0 rings (SSSR count). The molecular weight excluding hydrogens is 182 g/mol. The summed E-state index contributed by atoms with van der Waals surface area (Å²) in [5.74, 6) is -1.20.